The normalized spacial score (nSPS) is 15.5. The first kappa shape index (κ1) is 9.71. The first-order valence-electron chi connectivity index (χ1n) is 4.96. The quantitative estimate of drug-likeness (QED) is 0.745. The van der Waals surface area contributed by atoms with E-state index in [0.717, 1.165) is 5.57 Å². The van der Waals surface area contributed by atoms with E-state index in [0.29, 0.717) is 24.2 Å². The van der Waals surface area contributed by atoms with Crippen LogP contribution in [0.1, 0.15) is 23.2 Å². The number of hydrogen-bond acceptors (Lipinski definition) is 2. The Hall–Kier alpha value is -1.83. The van der Waals surface area contributed by atoms with Gasteiger partial charge in [-0.2, -0.15) is 0 Å². The SMILES string of the molecule is O=C(C1=CC=C(O)CC1)c1ccccc1. The summed E-state index contributed by atoms with van der Waals surface area (Å²) < 4.78 is 0. The van der Waals surface area contributed by atoms with Crippen molar-refractivity contribution in [1.29, 1.82) is 0 Å². The lowest BCUT2D eigenvalue weighted by molar-refractivity contribution is 0.103. The Balaban J connectivity index is 2.23. The van der Waals surface area contributed by atoms with E-state index in [9.17, 15) is 9.90 Å². The van der Waals surface area contributed by atoms with Crippen molar-refractivity contribution in [3.63, 3.8) is 0 Å². The van der Waals surface area contributed by atoms with Gasteiger partial charge in [0.25, 0.3) is 0 Å². The molecule has 0 radical (unpaired) electrons. The first-order valence-corrected chi connectivity index (χ1v) is 4.96. The van der Waals surface area contributed by atoms with E-state index in [2.05, 4.69) is 0 Å². The van der Waals surface area contributed by atoms with Crippen molar-refractivity contribution in [2.75, 3.05) is 0 Å². The van der Waals surface area contributed by atoms with Crippen LogP contribution < -0.4 is 0 Å². The van der Waals surface area contributed by atoms with Crippen molar-refractivity contribution in [2.24, 2.45) is 0 Å². The van der Waals surface area contributed by atoms with Gasteiger partial charge in [-0.3, -0.25) is 4.79 Å². The Morgan fingerprint density at radius 3 is 2.40 bits per heavy atom. The van der Waals surface area contributed by atoms with Gasteiger partial charge >= 0.3 is 0 Å². The molecule has 1 N–H and O–H groups in total. The Kier molecular flexibility index (Phi) is 2.68. The Labute approximate surface area is 88.6 Å². The predicted octanol–water partition coefficient (Wildman–Crippen LogP) is 3.03. The van der Waals surface area contributed by atoms with Crippen LogP contribution in [0.5, 0.6) is 0 Å². The van der Waals surface area contributed by atoms with Gasteiger partial charge in [0.15, 0.2) is 5.78 Å². The summed E-state index contributed by atoms with van der Waals surface area (Å²) in [4.78, 5) is 11.9. The molecule has 1 aromatic rings. The molecule has 0 bridgehead atoms. The summed E-state index contributed by atoms with van der Waals surface area (Å²) in [6.07, 6.45) is 4.48. The van der Waals surface area contributed by atoms with Crippen molar-refractivity contribution in [1.82, 2.24) is 0 Å². The zero-order valence-electron chi connectivity index (χ0n) is 8.31. The highest BCUT2D eigenvalue weighted by atomic mass is 16.3. The zero-order chi connectivity index (χ0) is 10.7. The molecule has 1 aliphatic rings. The van der Waals surface area contributed by atoms with Crippen molar-refractivity contribution >= 4 is 5.78 Å². The number of rotatable bonds is 2. The van der Waals surface area contributed by atoms with E-state index >= 15 is 0 Å². The average Bonchev–Trinajstić information content (AvgIpc) is 2.30. The summed E-state index contributed by atoms with van der Waals surface area (Å²) in [5.41, 5.74) is 1.47. The zero-order valence-corrected chi connectivity index (χ0v) is 8.31. The number of ketones is 1. The van der Waals surface area contributed by atoms with Gasteiger partial charge in [-0.15, -0.1) is 0 Å². The van der Waals surface area contributed by atoms with E-state index in [1.54, 1.807) is 24.3 Å². The molecule has 0 heterocycles. The van der Waals surface area contributed by atoms with Crippen LogP contribution >= 0.6 is 0 Å². The van der Waals surface area contributed by atoms with E-state index < -0.39 is 0 Å². The third kappa shape index (κ3) is 2.15. The monoisotopic (exact) mass is 200 g/mol. The molecule has 1 aliphatic carbocycles. The summed E-state index contributed by atoms with van der Waals surface area (Å²) in [5, 5.41) is 9.18. The average molecular weight is 200 g/mol. The number of carbonyl (C=O) groups is 1. The summed E-state index contributed by atoms with van der Waals surface area (Å²) in [5.74, 6) is 0.402. The van der Waals surface area contributed by atoms with Gasteiger partial charge < -0.3 is 5.11 Å². The fourth-order valence-electron chi connectivity index (χ4n) is 1.59. The van der Waals surface area contributed by atoms with Crippen LogP contribution in [0, 0.1) is 0 Å². The summed E-state index contributed by atoms with van der Waals surface area (Å²) in [6.45, 7) is 0. The number of hydrogen-bond donors (Lipinski definition) is 1. The second-order valence-electron chi connectivity index (χ2n) is 3.55. The molecular weight excluding hydrogens is 188 g/mol. The number of carbonyl (C=O) groups excluding carboxylic acids is 1. The van der Waals surface area contributed by atoms with Crippen LogP contribution in [0.3, 0.4) is 0 Å². The van der Waals surface area contributed by atoms with Gasteiger partial charge in [-0.1, -0.05) is 36.4 Å². The molecule has 2 nitrogen and oxygen atoms in total. The third-order valence-corrected chi connectivity index (χ3v) is 2.46. The lowest BCUT2D eigenvalue weighted by Crippen LogP contribution is -2.06. The van der Waals surface area contributed by atoms with Gasteiger partial charge in [0.2, 0.25) is 0 Å². The van der Waals surface area contributed by atoms with Crippen molar-refractivity contribution < 1.29 is 9.90 Å². The van der Waals surface area contributed by atoms with Crippen molar-refractivity contribution in [3.05, 3.63) is 59.4 Å². The largest absolute Gasteiger partial charge is 0.512 e. The van der Waals surface area contributed by atoms with Gasteiger partial charge in [0.1, 0.15) is 0 Å². The smallest absolute Gasteiger partial charge is 0.189 e. The molecule has 76 valence electrons. The van der Waals surface area contributed by atoms with Gasteiger partial charge in [-0.25, -0.2) is 0 Å². The molecule has 0 aromatic heterocycles. The second kappa shape index (κ2) is 4.13. The molecule has 15 heavy (non-hydrogen) atoms. The predicted molar refractivity (Wildman–Crippen MR) is 58.8 cm³/mol. The minimum atomic E-state index is 0.0550. The fraction of sp³-hybridized carbons (Fsp3) is 0.154. The topological polar surface area (TPSA) is 37.3 Å². The van der Waals surface area contributed by atoms with Gasteiger partial charge in [0, 0.05) is 17.6 Å². The standard InChI is InChI=1S/C13H12O2/c14-12-8-6-11(7-9-12)13(15)10-4-2-1-3-5-10/h1-6,8,14H,7,9H2. The number of allylic oxidation sites excluding steroid dienone is 4. The molecule has 0 amide bonds. The fourth-order valence-corrected chi connectivity index (χ4v) is 1.59. The number of aliphatic hydroxyl groups excluding tert-OH is 1. The highest BCUT2D eigenvalue weighted by Gasteiger charge is 2.14. The molecule has 0 atom stereocenters. The van der Waals surface area contributed by atoms with Crippen LogP contribution in [-0.4, -0.2) is 10.9 Å². The van der Waals surface area contributed by atoms with Crippen LogP contribution in [0.25, 0.3) is 0 Å². The maximum atomic E-state index is 11.9. The maximum absolute atomic E-state index is 11.9. The Morgan fingerprint density at radius 2 is 1.80 bits per heavy atom. The maximum Gasteiger partial charge on any atom is 0.189 e. The first-order chi connectivity index (χ1) is 7.27. The number of aliphatic hydroxyl groups is 1. The molecular formula is C13H12O2. The highest BCUT2D eigenvalue weighted by Crippen LogP contribution is 2.20. The molecule has 1 aromatic carbocycles. The van der Waals surface area contributed by atoms with Crippen LogP contribution in [-0.2, 0) is 0 Å². The summed E-state index contributed by atoms with van der Waals surface area (Å²) in [6, 6.07) is 9.20. The minimum Gasteiger partial charge on any atom is -0.512 e. The van der Waals surface area contributed by atoms with Crippen molar-refractivity contribution in [2.45, 2.75) is 12.8 Å². The second-order valence-corrected chi connectivity index (χ2v) is 3.55. The lowest BCUT2D eigenvalue weighted by atomic mass is 9.96. The number of Topliss-reactive ketones (excluding diaryl/α,β-unsaturated/α-hetero) is 1. The van der Waals surface area contributed by atoms with Gasteiger partial charge in [-0.05, 0) is 12.5 Å². The molecule has 0 fully saturated rings. The van der Waals surface area contributed by atoms with Crippen molar-refractivity contribution in [3.8, 4) is 0 Å². The lowest BCUT2D eigenvalue weighted by Gasteiger charge is -2.09. The van der Waals surface area contributed by atoms with E-state index in [-0.39, 0.29) is 5.78 Å². The summed E-state index contributed by atoms with van der Waals surface area (Å²) >= 11 is 0. The minimum absolute atomic E-state index is 0.0550. The molecule has 2 heteroatoms. The van der Waals surface area contributed by atoms with Crippen LogP contribution in [0.2, 0.25) is 0 Å². The van der Waals surface area contributed by atoms with Gasteiger partial charge in [0.05, 0.1) is 5.76 Å². The molecule has 0 spiro atoms. The Bertz CT molecular complexity index is 427. The number of benzene rings is 1. The molecule has 0 unspecified atom stereocenters. The van der Waals surface area contributed by atoms with E-state index in [1.165, 1.54) is 0 Å². The van der Waals surface area contributed by atoms with E-state index in [1.807, 2.05) is 18.2 Å². The highest BCUT2D eigenvalue weighted by molar-refractivity contribution is 6.08. The van der Waals surface area contributed by atoms with Crippen LogP contribution in [0.15, 0.2) is 53.8 Å². The summed E-state index contributed by atoms with van der Waals surface area (Å²) in [7, 11) is 0. The van der Waals surface area contributed by atoms with E-state index in [4.69, 9.17) is 0 Å². The Morgan fingerprint density at radius 1 is 1.07 bits per heavy atom. The molecule has 0 aliphatic heterocycles. The molecule has 0 saturated heterocycles. The molecule has 2 rings (SSSR count). The third-order valence-electron chi connectivity index (χ3n) is 2.46. The van der Waals surface area contributed by atoms with Crippen LogP contribution in [0.4, 0.5) is 0 Å². The molecule has 0 saturated carbocycles.